The van der Waals surface area contributed by atoms with E-state index in [1.165, 1.54) is 4.90 Å². The smallest absolute Gasteiger partial charge is 0.313 e. The van der Waals surface area contributed by atoms with Crippen molar-refractivity contribution in [2.45, 2.75) is 63.4 Å². The number of para-hydroxylation sites is 1. The first-order valence-corrected chi connectivity index (χ1v) is 15.9. The Balaban J connectivity index is 1.45. The minimum Gasteiger partial charge on any atom is -0.455 e. The molecular formula is C36H43N3O7. The number of β-amino-alcohol motifs (C(OH)–C–C–N with tert-alkyl or cyclic N) is 1. The lowest BCUT2D eigenvalue weighted by Gasteiger charge is -2.37. The van der Waals surface area contributed by atoms with Crippen LogP contribution in [0.15, 0.2) is 73.8 Å². The van der Waals surface area contributed by atoms with Gasteiger partial charge in [0.25, 0.3) is 5.91 Å². The third kappa shape index (κ3) is 5.99. The first kappa shape index (κ1) is 33.1. The van der Waals surface area contributed by atoms with Crippen LogP contribution >= 0.6 is 0 Å². The normalized spacial score (nSPS) is 25.1. The Morgan fingerprint density at radius 2 is 1.85 bits per heavy atom. The lowest BCUT2D eigenvalue weighted by molar-refractivity contribution is -0.160. The maximum Gasteiger partial charge on any atom is 0.313 e. The van der Waals surface area contributed by atoms with Crippen molar-refractivity contribution in [2.24, 2.45) is 11.8 Å². The standard InChI is InChI=1S/C36H43N3O7/c1-5-7-16-28(41)37-22-27(25-14-9-8-10-15-25)45-35(44)29-26-17-18-36(46-26)30(29)33(42)39(20-21-40)32(36)34(43)38(19-6-2)31-23(3)12-11-13-24(31)4/h5-6,8-15,26-27,29-30,32,40H,1-2,7,16-22H2,3-4H3,(H,37,41)/t26-,27-,29+,30+,32-,36+/m0/s1. The van der Waals surface area contributed by atoms with Crippen molar-refractivity contribution in [2.75, 3.05) is 31.1 Å². The number of aliphatic hydroxyl groups excluding tert-OH is 1. The van der Waals surface area contributed by atoms with Crippen molar-refractivity contribution in [3.8, 4) is 0 Å². The first-order valence-electron chi connectivity index (χ1n) is 15.9. The second kappa shape index (κ2) is 14.0. The van der Waals surface area contributed by atoms with Crippen molar-refractivity contribution >= 4 is 29.4 Å². The number of benzene rings is 2. The van der Waals surface area contributed by atoms with Gasteiger partial charge in [0.2, 0.25) is 11.8 Å². The molecule has 0 aliphatic carbocycles. The van der Waals surface area contributed by atoms with Crippen molar-refractivity contribution < 1.29 is 33.8 Å². The van der Waals surface area contributed by atoms with Gasteiger partial charge in [0, 0.05) is 25.2 Å². The highest BCUT2D eigenvalue weighted by Crippen LogP contribution is 2.59. The minimum atomic E-state index is -1.26. The van der Waals surface area contributed by atoms with E-state index in [1.807, 2.05) is 62.4 Å². The van der Waals surface area contributed by atoms with E-state index in [9.17, 15) is 24.3 Å². The maximum atomic E-state index is 14.6. The van der Waals surface area contributed by atoms with Crippen LogP contribution in [-0.4, -0.2) is 77.7 Å². The van der Waals surface area contributed by atoms with E-state index in [1.54, 1.807) is 17.1 Å². The number of likely N-dealkylation sites (tertiary alicyclic amines) is 1. The molecule has 2 bridgehead atoms. The Bertz CT molecular complexity index is 1470. The number of hydrogen-bond acceptors (Lipinski definition) is 7. The number of fused-ring (bicyclic) bond motifs is 1. The number of nitrogens with zero attached hydrogens (tertiary/aromatic N) is 2. The molecule has 3 aliphatic heterocycles. The predicted octanol–water partition coefficient (Wildman–Crippen LogP) is 3.56. The number of amides is 3. The van der Waals surface area contributed by atoms with Crippen molar-refractivity contribution in [3.63, 3.8) is 0 Å². The molecule has 2 aromatic rings. The second-order valence-electron chi connectivity index (χ2n) is 12.3. The van der Waals surface area contributed by atoms with Gasteiger partial charge in [-0.1, -0.05) is 60.7 Å². The average Bonchev–Trinajstić information content (AvgIpc) is 3.69. The average molecular weight is 630 g/mol. The summed E-state index contributed by atoms with van der Waals surface area (Å²) in [7, 11) is 0. The molecule has 10 nitrogen and oxygen atoms in total. The van der Waals surface area contributed by atoms with Gasteiger partial charge in [-0.3, -0.25) is 19.2 Å². The Labute approximate surface area is 270 Å². The number of hydrogen-bond donors (Lipinski definition) is 2. The summed E-state index contributed by atoms with van der Waals surface area (Å²) in [5.74, 6) is -3.48. The molecule has 244 valence electrons. The number of nitrogens with one attached hydrogen (secondary N) is 1. The molecule has 1 spiro atoms. The zero-order chi connectivity index (χ0) is 33.0. The Kier molecular flexibility index (Phi) is 10.1. The number of aryl methyl sites for hydroxylation is 2. The SMILES string of the molecule is C=CCCC(=O)NC[C@H](OC(=O)[C@@H]1[C@@H]2CC[C@]3(O2)[C@H](C(=O)N(CC=C)c2c(C)cccc2C)N(CCO)C(=O)[C@@H]13)c1ccccc1. The number of carbonyl (C=O) groups excluding carboxylic acids is 4. The fourth-order valence-electron chi connectivity index (χ4n) is 7.49. The highest BCUT2D eigenvalue weighted by Gasteiger charge is 2.75. The summed E-state index contributed by atoms with van der Waals surface area (Å²) in [5, 5.41) is 12.8. The summed E-state index contributed by atoms with van der Waals surface area (Å²) in [6.45, 7) is 11.2. The molecule has 3 saturated heterocycles. The molecule has 6 atom stereocenters. The van der Waals surface area contributed by atoms with Gasteiger partial charge in [-0.05, 0) is 49.8 Å². The number of carbonyl (C=O) groups is 4. The lowest BCUT2D eigenvalue weighted by atomic mass is 9.70. The van der Waals surface area contributed by atoms with Crippen LogP contribution in [0.3, 0.4) is 0 Å². The third-order valence-corrected chi connectivity index (χ3v) is 9.42. The summed E-state index contributed by atoms with van der Waals surface area (Å²) < 4.78 is 12.6. The molecule has 0 aromatic heterocycles. The van der Waals surface area contributed by atoms with E-state index in [-0.39, 0.29) is 44.5 Å². The molecule has 0 saturated carbocycles. The van der Waals surface area contributed by atoms with Gasteiger partial charge in [-0.2, -0.15) is 0 Å². The molecule has 2 aromatic carbocycles. The molecule has 0 radical (unpaired) electrons. The van der Waals surface area contributed by atoms with Gasteiger partial charge >= 0.3 is 5.97 Å². The Morgan fingerprint density at radius 3 is 2.50 bits per heavy atom. The molecule has 10 heteroatoms. The van der Waals surface area contributed by atoms with E-state index in [4.69, 9.17) is 9.47 Å². The van der Waals surface area contributed by atoms with Crippen LogP contribution in [0, 0.1) is 25.7 Å². The van der Waals surface area contributed by atoms with Gasteiger partial charge < -0.3 is 29.7 Å². The molecule has 46 heavy (non-hydrogen) atoms. The zero-order valence-electron chi connectivity index (χ0n) is 26.5. The highest BCUT2D eigenvalue weighted by atomic mass is 16.6. The van der Waals surface area contributed by atoms with E-state index in [2.05, 4.69) is 18.5 Å². The predicted molar refractivity (Wildman–Crippen MR) is 173 cm³/mol. The van der Waals surface area contributed by atoms with Crippen LogP contribution in [0.1, 0.15) is 48.5 Å². The van der Waals surface area contributed by atoms with Crippen LogP contribution in [-0.2, 0) is 28.7 Å². The van der Waals surface area contributed by atoms with Gasteiger partial charge in [0.1, 0.15) is 17.7 Å². The number of aliphatic hydroxyl groups is 1. The number of rotatable bonds is 14. The van der Waals surface area contributed by atoms with Crippen molar-refractivity contribution in [3.05, 3.63) is 90.5 Å². The highest BCUT2D eigenvalue weighted by molar-refractivity contribution is 6.05. The van der Waals surface area contributed by atoms with E-state index >= 15 is 0 Å². The summed E-state index contributed by atoms with van der Waals surface area (Å²) in [5.41, 5.74) is 1.95. The van der Waals surface area contributed by atoms with Crippen LogP contribution < -0.4 is 10.2 Å². The lowest BCUT2D eigenvalue weighted by Crippen LogP contribution is -2.57. The third-order valence-electron chi connectivity index (χ3n) is 9.42. The van der Waals surface area contributed by atoms with E-state index in [0.29, 0.717) is 24.8 Å². The molecule has 0 unspecified atom stereocenters. The van der Waals surface area contributed by atoms with Crippen molar-refractivity contribution in [1.29, 1.82) is 0 Å². The fraction of sp³-hybridized carbons (Fsp3) is 0.444. The van der Waals surface area contributed by atoms with Gasteiger partial charge in [-0.25, -0.2) is 0 Å². The van der Waals surface area contributed by atoms with Gasteiger partial charge in [-0.15, -0.1) is 13.2 Å². The molecular weight excluding hydrogens is 586 g/mol. The zero-order valence-corrected chi connectivity index (χ0v) is 26.5. The number of allylic oxidation sites excluding steroid dienone is 1. The van der Waals surface area contributed by atoms with Gasteiger partial charge in [0.05, 0.1) is 31.1 Å². The number of anilines is 1. The summed E-state index contributed by atoms with van der Waals surface area (Å²) >= 11 is 0. The monoisotopic (exact) mass is 629 g/mol. The second-order valence-corrected chi connectivity index (χ2v) is 12.3. The van der Waals surface area contributed by atoms with Crippen molar-refractivity contribution in [1.82, 2.24) is 10.2 Å². The summed E-state index contributed by atoms with van der Waals surface area (Å²) in [6, 6.07) is 13.8. The Morgan fingerprint density at radius 1 is 1.13 bits per heavy atom. The Hall–Kier alpha value is -4.28. The molecule has 3 fully saturated rings. The fourth-order valence-corrected chi connectivity index (χ4v) is 7.49. The first-order chi connectivity index (χ1) is 22.2. The van der Waals surface area contributed by atoms with Crippen LogP contribution in [0.5, 0.6) is 0 Å². The van der Waals surface area contributed by atoms with Crippen LogP contribution in [0.25, 0.3) is 0 Å². The molecule has 3 aliphatic rings. The van der Waals surface area contributed by atoms with E-state index in [0.717, 1.165) is 16.8 Å². The van der Waals surface area contributed by atoms with Crippen LogP contribution in [0.2, 0.25) is 0 Å². The number of ether oxygens (including phenoxy) is 2. The summed E-state index contributed by atoms with van der Waals surface area (Å²) in [4.78, 5) is 58.3. The van der Waals surface area contributed by atoms with Gasteiger partial charge in [0.15, 0.2) is 0 Å². The maximum absolute atomic E-state index is 14.6. The molecule has 2 N–H and O–H groups in total. The quantitative estimate of drug-likeness (QED) is 0.242. The minimum absolute atomic E-state index is 0.0533. The molecule has 3 heterocycles. The largest absolute Gasteiger partial charge is 0.455 e. The van der Waals surface area contributed by atoms with Crippen LogP contribution in [0.4, 0.5) is 5.69 Å². The molecule has 3 amide bonds. The van der Waals surface area contributed by atoms with E-state index < -0.39 is 47.6 Å². The molecule has 5 rings (SSSR count). The topological polar surface area (TPSA) is 125 Å². The summed E-state index contributed by atoms with van der Waals surface area (Å²) in [6.07, 6.45) is 3.55. The number of esters is 1.